The molecule has 0 bridgehead atoms. The van der Waals surface area contributed by atoms with E-state index in [1.807, 2.05) is 26.0 Å². The van der Waals surface area contributed by atoms with Crippen molar-refractivity contribution in [2.24, 2.45) is 13.0 Å². The van der Waals surface area contributed by atoms with Gasteiger partial charge < -0.3 is 15.3 Å². The highest BCUT2D eigenvalue weighted by Gasteiger charge is 2.24. The van der Waals surface area contributed by atoms with E-state index in [0.29, 0.717) is 28.5 Å². The highest BCUT2D eigenvalue weighted by atomic mass is 16.4. The maximum absolute atomic E-state index is 13.2. The maximum atomic E-state index is 13.2. The van der Waals surface area contributed by atoms with E-state index >= 15 is 0 Å². The Kier molecular flexibility index (Phi) is 5.43. The molecule has 162 valence electrons. The highest BCUT2D eigenvalue weighted by molar-refractivity contribution is 5.94. The van der Waals surface area contributed by atoms with Crippen molar-refractivity contribution in [1.82, 2.24) is 9.55 Å². The summed E-state index contributed by atoms with van der Waals surface area (Å²) in [5.74, 6) is 0.269. The molecule has 0 spiro atoms. The Hall–Kier alpha value is -3.35. The van der Waals surface area contributed by atoms with E-state index in [2.05, 4.69) is 17.1 Å². The van der Waals surface area contributed by atoms with Gasteiger partial charge in [-0.15, -0.1) is 0 Å². The van der Waals surface area contributed by atoms with Gasteiger partial charge in [-0.2, -0.15) is 0 Å². The predicted molar refractivity (Wildman–Crippen MR) is 123 cm³/mol. The van der Waals surface area contributed by atoms with Crippen molar-refractivity contribution in [3.63, 3.8) is 0 Å². The number of aryl methyl sites for hydroxylation is 1. The van der Waals surface area contributed by atoms with Gasteiger partial charge in [-0.05, 0) is 49.9 Å². The zero-order valence-electron chi connectivity index (χ0n) is 18.3. The van der Waals surface area contributed by atoms with Crippen LogP contribution in [-0.4, -0.2) is 33.7 Å². The lowest BCUT2D eigenvalue weighted by atomic mass is 10.0. The molecule has 2 heterocycles. The first kappa shape index (κ1) is 20.9. The fraction of sp³-hybridized carbons (Fsp3) is 0.375. The number of anilines is 2. The first-order valence-electron chi connectivity index (χ1n) is 10.6. The summed E-state index contributed by atoms with van der Waals surface area (Å²) in [6.07, 6.45) is 1.08. The van der Waals surface area contributed by atoms with Crippen LogP contribution in [0.15, 0.2) is 41.2 Å². The van der Waals surface area contributed by atoms with Gasteiger partial charge in [-0.1, -0.05) is 25.1 Å². The fourth-order valence-electron chi connectivity index (χ4n) is 4.38. The van der Waals surface area contributed by atoms with Crippen LogP contribution in [0.1, 0.15) is 47.8 Å². The number of para-hydroxylation sites is 1. The molecule has 1 saturated heterocycles. The molecular weight excluding hydrogens is 392 g/mol. The number of hydrogen-bond donors (Lipinski definition) is 2. The summed E-state index contributed by atoms with van der Waals surface area (Å²) in [5, 5.41) is 13.4. The summed E-state index contributed by atoms with van der Waals surface area (Å²) in [7, 11) is 1.78. The monoisotopic (exact) mass is 420 g/mol. The molecule has 7 heteroatoms. The van der Waals surface area contributed by atoms with Crippen LogP contribution in [0.3, 0.4) is 0 Å². The molecule has 7 nitrogen and oxygen atoms in total. The standard InChI is InChI=1S/C24H28N4O3/c1-14-9-10-28(13-14)24-26-21-18(11-15(2)12-19(21)22(29)27(24)4)16(3)25-20-8-6-5-7-17(20)23(30)31/h5-8,11-12,14,16,25H,9-10,13H2,1-4H3,(H,30,31). The third-order valence-corrected chi connectivity index (χ3v) is 6.03. The Morgan fingerprint density at radius 2 is 2.03 bits per heavy atom. The van der Waals surface area contributed by atoms with E-state index in [9.17, 15) is 14.7 Å². The van der Waals surface area contributed by atoms with Gasteiger partial charge in [0.15, 0.2) is 0 Å². The van der Waals surface area contributed by atoms with Gasteiger partial charge in [0.05, 0.1) is 22.5 Å². The Morgan fingerprint density at radius 3 is 2.71 bits per heavy atom. The molecule has 0 radical (unpaired) electrons. The first-order valence-corrected chi connectivity index (χ1v) is 10.6. The SMILES string of the molecule is Cc1cc(C(C)Nc2ccccc2C(=O)O)c2nc(N3CCC(C)C3)n(C)c(=O)c2c1. The molecule has 0 aliphatic carbocycles. The number of carboxylic acid groups (broad SMARTS) is 1. The van der Waals surface area contributed by atoms with Crippen molar-refractivity contribution in [2.45, 2.75) is 33.2 Å². The van der Waals surface area contributed by atoms with Crippen molar-refractivity contribution < 1.29 is 9.90 Å². The molecule has 1 aliphatic heterocycles. The predicted octanol–water partition coefficient (Wildman–Crippen LogP) is 3.96. The van der Waals surface area contributed by atoms with E-state index in [1.165, 1.54) is 0 Å². The summed E-state index contributed by atoms with van der Waals surface area (Å²) in [6, 6.07) is 10.5. The van der Waals surface area contributed by atoms with Crippen LogP contribution in [0, 0.1) is 12.8 Å². The van der Waals surface area contributed by atoms with Crippen LogP contribution >= 0.6 is 0 Å². The molecule has 2 aromatic carbocycles. The number of benzene rings is 2. The molecule has 31 heavy (non-hydrogen) atoms. The lowest BCUT2D eigenvalue weighted by Crippen LogP contribution is -2.30. The molecule has 1 aromatic heterocycles. The Balaban J connectivity index is 1.83. The lowest BCUT2D eigenvalue weighted by Gasteiger charge is -2.23. The van der Waals surface area contributed by atoms with Gasteiger partial charge in [0.2, 0.25) is 5.95 Å². The zero-order chi connectivity index (χ0) is 22.3. The van der Waals surface area contributed by atoms with Crippen molar-refractivity contribution in [3.05, 3.63) is 63.4 Å². The largest absolute Gasteiger partial charge is 0.478 e. The van der Waals surface area contributed by atoms with Gasteiger partial charge in [0, 0.05) is 31.4 Å². The van der Waals surface area contributed by atoms with Crippen LogP contribution in [0.25, 0.3) is 10.9 Å². The Labute approximate surface area is 181 Å². The number of nitrogens with zero attached hydrogens (tertiary/aromatic N) is 3. The summed E-state index contributed by atoms with van der Waals surface area (Å²) in [5.41, 5.74) is 3.18. The number of fused-ring (bicyclic) bond motifs is 1. The second-order valence-corrected chi connectivity index (χ2v) is 8.58. The fourth-order valence-corrected chi connectivity index (χ4v) is 4.38. The zero-order valence-corrected chi connectivity index (χ0v) is 18.3. The number of carboxylic acids is 1. The topological polar surface area (TPSA) is 87.5 Å². The molecule has 4 rings (SSSR count). The van der Waals surface area contributed by atoms with Crippen LogP contribution in [0.4, 0.5) is 11.6 Å². The quantitative estimate of drug-likeness (QED) is 0.650. The average molecular weight is 421 g/mol. The summed E-state index contributed by atoms with van der Waals surface area (Å²) in [4.78, 5) is 31.9. The number of aromatic carboxylic acids is 1. The summed E-state index contributed by atoms with van der Waals surface area (Å²) >= 11 is 0. The van der Waals surface area contributed by atoms with Gasteiger partial charge in [-0.3, -0.25) is 9.36 Å². The molecule has 0 saturated carbocycles. The third-order valence-electron chi connectivity index (χ3n) is 6.03. The number of hydrogen-bond acceptors (Lipinski definition) is 5. The van der Waals surface area contributed by atoms with Crippen LogP contribution in [-0.2, 0) is 7.05 Å². The Bertz CT molecular complexity index is 1220. The highest BCUT2D eigenvalue weighted by Crippen LogP contribution is 2.29. The van der Waals surface area contributed by atoms with Gasteiger partial charge >= 0.3 is 5.97 Å². The summed E-state index contributed by atoms with van der Waals surface area (Å²) < 4.78 is 1.64. The number of nitrogens with one attached hydrogen (secondary N) is 1. The maximum Gasteiger partial charge on any atom is 0.337 e. The van der Waals surface area contributed by atoms with Gasteiger partial charge in [-0.25, -0.2) is 9.78 Å². The first-order chi connectivity index (χ1) is 14.8. The molecule has 2 unspecified atom stereocenters. The van der Waals surface area contributed by atoms with Gasteiger partial charge in [0.1, 0.15) is 0 Å². The molecule has 2 N–H and O–H groups in total. The van der Waals surface area contributed by atoms with Crippen LogP contribution < -0.4 is 15.8 Å². The molecule has 2 atom stereocenters. The van der Waals surface area contributed by atoms with E-state index in [1.54, 1.807) is 35.9 Å². The van der Waals surface area contributed by atoms with Crippen LogP contribution in [0.2, 0.25) is 0 Å². The minimum Gasteiger partial charge on any atom is -0.478 e. The smallest absolute Gasteiger partial charge is 0.337 e. The molecular formula is C24H28N4O3. The summed E-state index contributed by atoms with van der Waals surface area (Å²) in [6.45, 7) is 7.89. The van der Waals surface area contributed by atoms with E-state index < -0.39 is 5.97 Å². The van der Waals surface area contributed by atoms with Crippen molar-refractivity contribution in [3.8, 4) is 0 Å². The number of rotatable bonds is 5. The Morgan fingerprint density at radius 1 is 1.29 bits per heavy atom. The second kappa shape index (κ2) is 8.06. The third kappa shape index (κ3) is 3.87. The van der Waals surface area contributed by atoms with Crippen molar-refractivity contribution >= 4 is 28.5 Å². The van der Waals surface area contributed by atoms with Crippen molar-refractivity contribution in [2.75, 3.05) is 23.3 Å². The van der Waals surface area contributed by atoms with Crippen LogP contribution in [0.5, 0.6) is 0 Å². The number of carbonyl (C=O) groups is 1. The van der Waals surface area contributed by atoms with Crippen molar-refractivity contribution in [1.29, 1.82) is 0 Å². The number of aromatic nitrogens is 2. The minimum atomic E-state index is -0.984. The lowest BCUT2D eigenvalue weighted by molar-refractivity contribution is 0.0698. The van der Waals surface area contributed by atoms with E-state index in [0.717, 1.165) is 30.6 Å². The van der Waals surface area contributed by atoms with E-state index in [-0.39, 0.29) is 17.2 Å². The molecule has 1 fully saturated rings. The molecule has 1 aliphatic rings. The van der Waals surface area contributed by atoms with Gasteiger partial charge in [0.25, 0.3) is 5.56 Å². The minimum absolute atomic E-state index is 0.0670. The van der Waals surface area contributed by atoms with E-state index in [4.69, 9.17) is 4.98 Å². The second-order valence-electron chi connectivity index (χ2n) is 8.58. The molecule has 3 aromatic rings. The molecule has 0 amide bonds. The average Bonchev–Trinajstić information content (AvgIpc) is 3.16. The normalized spacial score (nSPS) is 17.2.